The number of amides is 6. The van der Waals surface area contributed by atoms with E-state index >= 15 is 0 Å². The summed E-state index contributed by atoms with van der Waals surface area (Å²) in [5.41, 5.74) is 6.34. The van der Waals surface area contributed by atoms with E-state index in [9.17, 15) is 33.5 Å². The number of alkyl halides is 2. The van der Waals surface area contributed by atoms with Crippen molar-refractivity contribution in [2.45, 2.75) is 22.6 Å². The van der Waals surface area contributed by atoms with Crippen LogP contribution >= 0.6 is 23.2 Å². The summed E-state index contributed by atoms with van der Waals surface area (Å²) < 4.78 is 24.3. The fourth-order valence-electron chi connectivity index (χ4n) is 7.08. The summed E-state index contributed by atoms with van der Waals surface area (Å²) in [6.07, 6.45) is 4.54. The number of ether oxygens (including phenoxy) is 2. The number of aromatic hydroxyl groups is 1. The highest BCUT2D eigenvalue weighted by Gasteiger charge is 2.76. The van der Waals surface area contributed by atoms with Crippen molar-refractivity contribution in [1.29, 1.82) is 0 Å². The van der Waals surface area contributed by atoms with Gasteiger partial charge in [0.2, 0.25) is 17.6 Å². The maximum absolute atomic E-state index is 14.3. The monoisotopic (exact) mass is 657 g/mol. The van der Waals surface area contributed by atoms with Crippen molar-refractivity contribution in [1.82, 2.24) is 4.90 Å². The van der Waals surface area contributed by atoms with Crippen LogP contribution in [-0.2, 0) is 19.2 Å². The third-order valence-corrected chi connectivity index (χ3v) is 10.6. The first kappa shape index (κ1) is 30.6. The van der Waals surface area contributed by atoms with Gasteiger partial charge >= 0.3 is 6.03 Å². The lowest BCUT2D eigenvalue weighted by molar-refractivity contribution is -0.136. The second kappa shape index (κ2) is 10.6. The smallest absolute Gasteiger partial charge is 0.328 e. The van der Waals surface area contributed by atoms with Crippen molar-refractivity contribution in [2.75, 3.05) is 19.1 Å². The van der Waals surface area contributed by atoms with E-state index in [4.69, 9.17) is 38.4 Å². The lowest BCUT2D eigenvalue weighted by Crippen LogP contribution is -2.60. The number of nitrogens with two attached hydrogens (primary N) is 1. The van der Waals surface area contributed by atoms with Crippen molar-refractivity contribution in [3.8, 4) is 17.2 Å². The van der Waals surface area contributed by atoms with Crippen LogP contribution in [0.15, 0.2) is 54.1 Å². The molecule has 3 N–H and O–H groups in total. The summed E-state index contributed by atoms with van der Waals surface area (Å²) in [4.78, 5) is 63.9. The summed E-state index contributed by atoms with van der Waals surface area (Å²) in [5.74, 6) is -7.97. The Morgan fingerprint density at radius 2 is 1.64 bits per heavy atom. The van der Waals surface area contributed by atoms with Gasteiger partial charge in [0.15, 0.2) is 21.2 Å². The van der Waals surface area contributed by atoms with Crippen molar-refractivity contribution in [2.24, 2.45) is 29.4 Å². The van der Waals surface area contributed by atoms with E-state index in [2.05, 4.69) is 0 Å². The van der Waals surface area contributed by atoms with E-state index < -0.39 is 68.9 Å². The SMILES string of the molecule is COc1cc(C=C[C@H]2C3=CC[C@@H]4C(=O)N(C(N)=O)C(=O)[C@@H]4[C@@H]3C[C@@]3(Cl)C(=O)N(c4ccc(F)cc4)C(=O)[C@@]23Cl)cc(OC)c1O. The maximum Gasteiger partial charge on any atom is 0.328 e. The Bertz CT molecular complexity index is 1720. The van der Waals surface area contributed by atoms with E-state index in [-0.39, 0.29) is 35.8 Å². The molecule has 0 unspecified atom stereocenters. The second-order valence-corrected chi connectivity index (χ2v) is 12.5. The van der Waals surface area contributed by atoms with E-state index in [1.54, 1.807) is 18.2 Å². The predicted octanol–water partition coefficient (Wildman–Crippen LogP) is 3.74. The number of phenols is 1. The molecule has 0 spiro atoms. The summed E-state index contributed by atoms with van der Waals surface area (Å²) >= 11 is 14.4. The highest BCUT2D eigenvalue weighted by atomic mass is 35.5. The first-order valence-electron chi connectivity index (χ1n) is 13.8. The molecule has 0 aromatic heterocycles. The average Bonchev–Trinajstić information content (AvgIpc) is 3.35. The molecule has 2 heterocycles. The molecule has 11 nitrogen and oxygen atoms in total. The number of anilines is 1. The van der Waals surface area contributed by atoms with Gasteiger partial charge in [0, 0.05) is 5.92 Å². The fourth-order valence-corrected chi connectivity index (χ4v) is 7.97. The number of hydrogen-bond acceptors (Lipinski definition) is 8. The molecule has 2 aromatic carbocycles. The van der Waals surface area contributed by atoms with Crippen LogP contribution in [-0.4, -0.2) is 63.6 Å². The van der Waals surface area contributed by atoms with E-state index in [1.165, 1.54) is 38.5 Å². The molecule has 6 atom stereocenters. The molecule has 2 aliphatic heterocycles. The molecule has 1 saturated carbocycles. The highest BCUT2D eigenvalue weighted by molar-refractivity contribution is 6.58. The Labute approximate surface area is 265 Å². The number of phenolic OH excluding ortho intramolecular Hbond substituents is 1. The van der Waals surface area contributed by atoms with Crippen LogP contribution in [0, 0.1) is 29.5 Å². The normalized spacial score (nSPS) is 30.7. The van der Waals surface area contributed by atoms with Gasteiger partial charge in [-0.15, -0.1) is 23.2 Å². The number of rotatable bonds is 5. The fraction of sp³-hybridized carbons (Fsp3) is 0.323. The van der Waals surface area contributed by atoms with E-state index in [0.717, 1.165) is 17.0 Å². The van der Waals surface area contributed by atoms with Crippen LogP contribution in [0.5, 0.6) is 17.2 Å². The number of urea groups is 1. The summed E-state index contributed by atoms with van der Waals surface area (Å²) in [7, 11) is 2.71. The molecule has 3 fully saturated rings. The minimum Gasteiger partial charge on any atom is -0.502 e. The molecule has 14 heteroatoms. The Hall–Kier alpha value is -4.42. The molecule has 6 rings (SSSR count). The number of carbonyl (C=O) groups is 5. The number of fused-ring (bicyclic) bond motifs is 4. The largest absolute Gasteiger partial charge is 0.502 e. The molecular formula is C31H26Cl2FN3O8. The molecule has 4 aliphatic rings. The molecular weight excluding hydrogens is 632 g/mol. The highest BCUT2D eigenvalue weighted by Crippen LogP contribution is 2.63. The lowest BCUT2D eigenvalue weighted by atomic mass is 9.57. The molecule has 45 heavy (non-hydrogen) atoms. The number of imide groups is 4. The van der Waals surface area contributed by atoms with Crippen LogP contribution in [0.2, 0.25) is 0 Å². The number of primary amides is 1. The van der Waals surface area contributed by atoms with Crippen molar-refractivity contribution < 1.29 is 42.9 Å². The number of benzene rings is 2. The van der Waals surface area contributed by atoms with Crippen LogP contribution in [0.1, 0.15) is 18.4 Å². The molecule has 6 amide bonds. The number of carbonyl (C=O) groups excluding carboxylic acids is 5. The zero-order valence-electron chi connectivity index (χ0n) is 23.8. The topological polar surface area (TPSA) is 157 Å². The first-order valence-corrected chi connectivity index (χ1v) is 14.6. The minimum atomic E-state index is -2.13. The number of hydrogen-bond donors (Lipinski definition) is 2. The molecule has 2 aliphatic carbocycles. The number of likely N-dealkylation sites (tertiary alicyclic amines) is 1. The summed E-state index contributed by atoms with van der Waals surface area (Å²) in [5, 5.41) is 10.4. The third kappa shape index (κ3) is 4.18. The zero-order valence-corrected chi connectivity index (χ0v) is 25.3. The van der Waals surface area contributed by atoms with Gasteiger partial charge in [-0.2, -0.15) is 4.90 Å². The maximum atomic E-state index is 14.3. The predicted molar refractivity (Wildman–Crippen MR) is 159 cm³/mol. The Kier molecular flexibility index (Phi) is 7.20. The first-order chi connectivity index (χ1) is 21.3. The Morgan fingerprint density at radius 1 is 1.02 bits per heavy atom. The standard InChI is InChI=1S/C31H26Cl2FN3O8/c1-44-21-11-14(12-22(45-2)24(21)38)3-10-20-17-8-9-18-23(26(40)37(25(18)39)29(35)43)19(17)13-30(32)27(41)36(28(42)31(20,30)33)16-6-4-15(34)5-7-16/h3-8,10-12,18-20,23,38H,9,13H2,1-2H3,(H2,35,43)/t18-,19+,20-,23-,30+,31-/m0/s1. The van der Waals surface area contributed by atoms with Crippen LogP contribution < -0.4 is 20.1 Å². The van der Waals surface area contributed by atoms with Gasteiger partial charge in [-0.25, -0.2) is 14.1 Å². The van der Waals surface area contributed by atoms with Gasteiger partial charge in [-0.05, 0) is 60.7 Å². The van der Waals surface area contributed by atoms with Crippen molar-refractivity contribution >= 4 is 64.6 Å². The number of allylic oxidation sites excluding steroid dienone is 3. The van der Waals surface area contributed by atoms with E-state index in [1.807, 2.05) is 0 Å². The number of methoxy groups -OCH3 is 2. The van der Waals surface area contributed by atoms with Crippen LogP contribution in [0.4, 0.5) is 14.9 Å². The molecule has 0 bridgehead atoms. The van der Waals surface area contributed by atoms with Gasteiger partial charge < -0.3 is 20.3 Å². The van der Waals surface area contributed by atoms with Crippen LogP contribution in [0.25, 0.3) is 6.08 Å². The lowest BCUT2D eigenvalue weighted by Gasteiger charge is -2.49. The molecule has 0 radical (unpaired) electrons. The molecule has 2 saturated heterocycles. The van der Waals surface area contributed by atoms with Gasteiger partial charge in [0.25, 0.3) is 11.8 Å². The average molecular weight is 658 g/mol. The zero-order chi connectivity index (χ0) is 32.6. The van der Waals surface area contributed by atoms with Crippen molar-refractivity contribution in [3.63, 3.8) is 0 Å². The summed E-state index contributed by atoms with van der Waals surface area (Å²) in [6.45, 7) is 0. The van der Waals surface area contributed by atoms with Crippen LogP contribution in [0.3, 0.4) is 0 Å². The van der Waals surface area contributed by atoms with E-state index in [0.29, 0.717) is 16.0 Å². The van der Waals surface area contributed by atoms with Gasteiger partial charge in [-0.1, -0.05) is 23.8 Å². The summed E-state index contributed by atoms with van der Waals surface area (Å²) in [6, 6.07) is 6.44. The van der Waals surface area contributed by atoms with Gasteiger partial charge in [0.05, 0.1) is 31.7 Å². The number of halogens is 3. The second-order valence-electron chi connectivity index (χ2n) is 11.3. The molecule has 2 aromatic rings. The third-order valence-electron chi connectivity index (χ3n) is 9.16. The van der Waals surface area contributed by atoms with Crippen molar-refractivity contribution in [3.05, 3.63) is 65.5 Å². The quantitative estimate of drug-likeness (QED) is 0.280. The molecule has 234 valence electrons. The van der Waals surface area contributed by atoms with Gasteiger partial charge in [-0.3, -0.25) is 19.2 Å². The minimum absolute atomic E-state index is 0.0402. The van der Waals surface area contributed by atoms with Gasteiger partial charge in [0.1, 0.15) is 5.82 Å². The number of nitrogens with zero attached hydrogens (tertiary/aromatic N) is 2. The Balaban J connectivity index is 1.52. The Morgan fingerprint density at radius 3 is 2.22 bits per heavy atom.